The standard InChI is InChI=1S/C16H12N4O2/c1-11-5-6-14(18-10-11)16-9-12(20(21)22)8-15(19-16)13-4-2-3-7-17-13/h2-10H,1H3. The van der Waals surface area contributed by atoms with Crippen LogP contribution >= 0.6 is 0 Å². The quantitative estimate of drug-likeness (QED) is 0.545. The van der Waals surface area contributed by atoms with E-state index >= 15 is 0 Å². The lowest BCUT2D eigenvalue weighted by atomic mass is 10.1. The van der Waals surface area contributed by atoms with Gasteiger partial charge < -0.3 is 0 Å². The van der Waals surface area contributed by atoms with Gasteiger partial charge in [-0.25, -0.2) is 4.98 Å². The zero-order valence-electron chi connectivity index (χ0n) is 11.8. The van der Waals surface area contributed by atoms with E-state index < -0.39 is 4.92 Å². The van der Waals surface area contributed by atoms with E-state index in [2.05, 4.69) is 15.0 Å². The Morgan fingerprint density at radius 2 is 1.68 bits per heavy atom. The third-order valence-corrected chi connectivity index (χ3v) is 3.12. The van der Waals surface area contributed by atoms with E-state index in [0.717, 1.165) is 5.56 Å². The fourth-order valence-corrected chi connectivity index (χ4v) is 2.02. The Bertz CT molecular complexity index is 817. The Morgan fingerprint density at radius 3 is 2.23 bits per heavy atom. The topological polar surface area (TPSA) is 81.8 Å². The van der Waals surface area contributed by atoms with Crippen LogP contribution in [-0.4, -0.2) is 19.9 Å². The maximum absolute atomic E-state index is 11.2. The summed E-state index contributed by atoms with van der Waals surface area (Å²) in [6.45, 7) is 1.93. The smallest absolute Gasteiger partial charge is 0.258 e. The van der Waals surface area contributed by atoms with Crippen molar-refractivity contribution in [2.75, 3.05) is 0 Å². The van der Waals surface area contributed by atoms with E-state index in [9.17, 15) is 10.1 Å². The van der Waals surface area contributed by atoms with Gasteiger partial charge in [-0.1, -0.05) is 12.1 Å². The molecule has 6 nitrogen and oxygen atoms in total. The summed E-state index contributed by atoms with van der Waals surface area (Å²) in [6.07, 6.45) is 3.33. The van der Waals surface area contributed by atoms with Crippen molar-refractivity contribution in [2.24, 2.45) is 0 Å². The number of pyridine rings is 3. The van der Waals surface area contributed by atoms with E-state index in [-0.39, 0.29) is 5.69 Å². The monoisotopic (exact) mass is 292 g/mol. The molecule has 22 heavy (non-hydrogen) atoms. The van der Waals surface area contributed by atoms with Gasteiger partial charge in [-0.3, -0.25) is 20.1 Å². The van der Waals surface area contributed by atoms with Gasteiger partial charge >= 0.3 is 0 Å². The predicted octanol–water partition coefficient (Wildman–Crippen LogP) is 3.42. The second-order valence-corrected chi connectivity index (χ2v) is 4.79. The summed E-state index contributed by atoms with van der Waals surface area (Å²) in [5, 5.41) is 11.2. The van der Waals surface area contributed by atoms with Gasteiger partial charge in [0.2, 0.25) is 0 Å². The van der Waals surface area contributed by atoms with Crippen LogP contribution in [0, 0.1) is 17.0 Å². The second-order valence-electron chi connectivity index (χ2n) is 4.79. The van der Waals surface area contributed by atoms with Crippen molar-refractivity contribution in [3.8, 4) is 22.8 Å². The van der Waals surface area contributed by atoms with Crippen molar-refractivity contribution < 1.29 is 4.92 Å². The lowest BCUT2D eigenvalue weighted by Crippen LogP contribution is -1.96. The van der Waals surface area contributed by atoms with Crippen LogP contribution in [0.4, 0.5) is 5.69 Å². The number of hydrogen-bond donors (Lipinski definition) is 0. The molecule has 0 aliphatic rings. The third kappa shape index (κ3) is 2.80. The third-order valence-electron chi connectivity index (χ3n) is 3.12. The number of nitro groups is 1. The minimum Gasteiger partial charge on any atom is -0.258 e. The van der Waals surface area contributed by atoms with Gasteiger partial charge in [0, 0.05) is 24.5 Å². The molecule has 0 N–H and O–H groups in total. The van der Waals surface area contributed by atoms with E-state index in [1.807, 2.05) is 19.1 Å². The molecule has 0 radical (unpaired) electrons. The summed E-state index contributed by atoms with van der Waals surface area (Å²) in [5.41, 5.74) is 3.06. The van der Waals surface area contributed by atoms with E-state index in [1.165, 1.54) is 12.1 Å². The Hall–Kier alpha value is -3.15. The minimum absolute atomic E-state index is 0.0342. The maximum atomic E-state index is 11.2. The molecule has 0 amide bonds. The molecule has 0 unspecified atom stereocenters. The fraction of sp³-hybridized carbons (Fsp3) is 0.0625. The van der Waals surface area contributed by atoms with E-state index in [1.54, 1.807) is 30.6 Å². The highest BCUT2D eigenvalue weighted by molar-refractivity contribution is 5.66. The van der Waals surface area contributed by atoms with Gasteiger partial charge in [0.05, 0.1) is 27.7 Å². The van der Waals surface area contributed by atoms with Crippen molar-refractivity contribution >= 4 is 5.69 Å². The largest absolute Gasteiger partial charge is 0.273 e. The van der Waals surface area contributed by atoms with Crippen molar-refractivity contribution in [1.82, 2.24) is 15.0 Å². The molecule has 0 atom stereocenters. The Labute approximate surface area is 126 Å². The molecular formula is C16H12N4O2. The number of aryl methyl sites for hydroxylation is 1. The highest BCUT2D eigenvalue weighted by Gasteiger charge is 2.14. The molecule has 3 heterocycles. The lowest BCUT2D eigenvalue weighted by molar-refractivity contribution is -0.384. The molecule has 108 valence electrons. The van der Waals surface area contributed by atoms with E-state index in [0.29, 0.717) is 22.8 Å². The van der Waals surface area contributed by atoms with Gasteiger partial charge in [-0.05, 0) is 30.7 Å². The number of aromatic nitrogens is 3. The van der Waals surface area contributed by atoms with Gasteiger partial charge in [0.25, 0.3) is 5.69 Å². The number of nitrogens with zero attached hydrogens (tertiary/aromatic N) is 4. The summed E-state index contributed by atoms with van der Waals surface area (Å²) < 4.78 is 0. The van der Waals surface area contributed by atoms with Gasteiger partial charge in [-0.2, -0.15) is 0 Å². The highest BCUT2D eigenvalue weighted by Crippen LogP contribution is 2.26. The van der Waals surface area contributed by atoms with Crippen molar-refractivity contribution in [2.45, 2.75) is 6.92 Å². The average Bonchev–Trinajstić information content (AvgIpc) is 2.56. The van der Waals surface area contributed by atoms with Crippen LogP contribution in [0.15, 0.2) is 54.9 Å². The van der Waals surface area contributed by atoms with Gasteiger partial charge in [-0.15, -0.1) is 0 Å². The molecule has 0 bridgehead atoms. The van der Waals surface area contributed by atoms with Crippen LogP contribution in [0.5, 0.6) is 0 Å². The summed E-state index contributed by atoms with van der Waals surface area (Å²) in [4.78, 5) is 23.6. The van der Waals surface area contributed by atoms with Crippen LogP contribution in [0.2, 0.25) is 0 Å². The maximum Gasteiger partial charge on any atom is 0.273 e. The molecule has 0 fully saturated rings. The predicted molar refractivity (Wildman–Crippen MR) is 82.1 cm³/mol. The number of hydrogen-bond acceptors (Lipinski definition) is 5. The first kappa shape index (κ1) is 13.8. The molecule has 0 aromatic carbocycles. The molecule has 0 spiro atoms. The minimum atomic E-state index is -0.439. The average molecular weight is 292 g/mol. The van der Waals surface area contributed by atoms with Crippen LogP contribution in [-0.2, 0) is 0 Å². The molecule has 0 saturated heterocycles. The molecule has 0 saturated carbocycles. The molecule has 3 rings (SSSR count). The molecule has 3 aromatic heterocycles. The van der Waals surface area contributed by atoms with Crippen LogP contribution in [0.3, 0.4) is 0 Å². The Morgan fingerprint density at radius 1 is 0.955 bits per heavy atom. The number of rotatable bonds is 3. The van der Waals surface area contributed by atoms with Crippen molar-refractivity contribution in [3.63, 3.8) is 0 Å². The normalized spacial score (nSPS) is 10.4. The molecule has 3 aromatic rings. The Balaban J connectivity index is 2.16. The summed E-state index contributed by atoms with van der Waals surface area (Å²) in [5.74, 6) is 0. The summed E-state index contributed by atoms with van der Waals surface area (Å²) in [7, 11) is 0. The van der Waals surface area contributed by atoms with Crippen LogP contribution < -0.4 is 0 Å². The lowest BCUT2D eigenvalue weighted by Gasteiger charge is -2.05. The van der Waals surface area contributed by atoms with Gasteiger partial charge in [0.1, 0.15) is 0 Å². The first-order chi connectivity index (χ1) is 10.6. The summed E-state index contributed by atoms with van der Waals surface area (Å²) >= 11 is 0. The first-order valence-corrected chi connectivity index (χ1v) is 6.64. The van der Waals surface area contributed by atoms with Crippen molar-refractivity contribution in [3.05, 3.63) is 70.5 Å². The molecule has 0 aliphatic carbocycles. The van der Waals surface area contributed by atoms with Crippen molar-refractivity contribution in [1.29, 1.82) is 0 Å². The van der Waals surface area contributed by atoms with Gasteiger partial charge in [0.15, 0.2) is 0 Å². The summed E-state index contributed by atoms with van der Waals surface area (Å²) in [6, 6.07) is 11.9. The SMILES string of the molecule is Cc1ccc(-c2cc([N+](=O)[O-])cc(-c3ccccn3)n2)nc1. The Kier molecular flexibility index (Phi) is 3.57. The zero-order chi connectivity index (χ0) is 15.5. The second kappa shape index (κ2) is 5.69. The van der Waals surface area contributed by atoms with Crippen LogP contribution in [0.25, 0.3) is 22.8 Å². The fourth-order valence-electron chi connectivity index (χ4n) is 2.02. The molecular weight excluding hydrogens is 280 g/mol. The molecule has 6 heteroatoms. The van der Waals surface area contributed by atoms with Crippen LogP contribution in [0.1, 0.15) is 5.56 Å². The molecule has 0 aliphatic heterocycles. The van der Waals surface area contributed by atoms with E-state index in [4.69, 9.17) is 0 Å². The first-order valence-electron chi connectivity index (χ1n) is 6.64. The highest BCUT2D eigenvalue weighted by atomic mass is 16.6. The zero-order valence-corrected chi connectivity index (χ0v) is 11.8.